The minimum absolute atomic E-state index is 0.252. The molecule has 12 atom stereocenters. The third-order valence-corrected chi connectivity index (χ3v) is 19.3. The first-order valence-electron chi connectivity index (χ1n) is 40.2. The van der Waals surface area contributed by atoms with E-state index in [0.717, 1.165) is 57.8 Å². The Morgan fingerprint density at radius 1 is 0.375 bits per heavy atom. The van der Waals surface area contributed by atoms with Gasteiger partial charge in [-0.25, -0.2) is 0 Å². The number of carbonyl (C=O) groups is 1. The van der Waals surface area contributed by atoms with Crippen molar-refractivity contribution >= 4 is 5.91 Å². The van der Waals surface area contributed by atoms with Crippen molar-refractivity contribution in [2.24, 2.45) is 0 Å². The maximum atomic E-state index is 13.4. The van der Waals surface area contributed by atoms with Crippen LogP contribution in [0.1, 0.15) is 348 Å². The van der Waals surface area contributed by atoms with Gasteiger partial charge in [0.25, 0.3) is 0 Å². The number of allylic oxidation sites excluding steroid dienone is 11. The third-order valence-electron chi connectivity index (χ3n) is 19.3. The predicted molar refractivity (Wildman–Crippen MR) is 397 cm³/mol. The van der Waals surface area contributed by atoms with Crippen LogP contribution in [-0.2, 0) is 23.7 Å². The van der Waals surface area contributed by atoms with Crippen molar-refractivity contribution in [3.8, 4) is 0 Å². The predicted octanol–water partition coefficient (Wildman–Crippen LogP) is 18.1. The molecule has 1 amide bonds. The van der Waals surface area contributed by atoms with Crippen LogP contribution in [0.2, 0.25) is 0 Å². The zero-order valence-corrected chi connectivity index (χ0v) is 61.4. The minimum Gasteiger partial charge on any atom is -0.394 e. The van der Waals surface area contributed by atoms with Crippen molar-refractivity contribution in [1.82, 2.24) is 5.32 Å². The van der Waals surface area contributed by atoms with Gasteiger partial charge in [0.15, 0.2) is 12.6 Å². The Morgan fingerprint density at radius 3 is 1.09 bits per heavy atom. The van der Waals surface area contributed by atoms with Crippen LogP contribution in [0.5, 0.6) is 0 Å². The second-order valence-corrected chi connectivity index (χ2v) is 28.2. The molecule has 2 saturated heterocycles. The van der Waals surface area contributed by atoms with Crippen molar-refractivity contribution in [3.63, 3.8) is 0 Å². The summed E-state index contributed by atoms with van der Waals surface area (Å²) in [6.07, 6.45) is 74.2. The van der Waals surface area contributed by atoms with Crippen LogP contribution >= 0.6 is 0 Å². The van der Waals surface area contributed by atoms with Crippen LogP contribution in [0.15, 0.2) is 72.9 Å². The number of hydrogen-bond donors (Lipinski definition) is 9. The second kappa shape index (κ2) is 65.7. The van der Waals surface area contributed by atoms with Crippen LogP contribution in [-0.4, -0.2) is 140 Å². The molecule has 2 rings (SSSR count). The van der Waals surface area contributed by atoms with E-state index >= 15 is 0 Å². The molecular formula is C82H149NO13. The maximum absolute atomic E-state index is 13.4. The first-order chi connectivity index (χ1) is 47.1. The first kappa shape index (κ1) is 89.5. The summed E-state index contributed by atoms with van der Waals surface area (Å²) >= 11 is 0. The molecule has 96 heavy (non-hydrogen) atoms. The SMILES string of the molecule is CCCCCCC/C=C\C/C=C\C/C=C\CCCCCCCCCCCCCCCCC(=O)NC(COC1OC(CO)C(OC2OC(CO)C(O)C(O)C2O)C(O)C1O)C(O)/C=C/CC/C=C/CC/C=C/CCCCCCCCCCCCCCCCCCCCCCCCC. The van der Waals surface area contributed by atoms with Crippen molar-refractivity contribution in [2.75, 3.05) is 19.8 Å². The summed E-state index contributed by atoms with van der Waals surface area (Å²) in [6, 6.07) is -0.944. The third kappa shape index (κ3) is 48.3. The van der Waals surface area contributed by atoms with E-state index in [1.807, 2.05) is 6.08 Å². The van der Waals surface area contributed by atoms with Crippen LogP contribution in [0.3, 0.4) is 0 Å². The lowest BCUT2D eigenvalue weighted by atomic mass is 9.97. The van der Waals surface area contributed by atoms with Crippen molar-refractivity contribution in [2.45, 2.75) is 421 Å². The molecule has 14 nitrogen and oxygen atoms in total. The molecule has 0 bridgehead atoms. The van der Waals surface area contributed by atoms with E-state index in [4.69, 9.17) is 18.9 Å². The molecule has 2 fully saturated rings. The zero-order chi connectivity index (χ0) is 69.4. The Labute approximate surface area is 587 Å². The summed E-state index contributed by atoms with van der Waals surface area (Å²) in [6.45, 7) is 2.81. The van der Waals surface area contributed by atoms with E-state index in [-0.39, 0.29) is 18.9 Å². The van der Waals surface area contributed by atoms with Gasteiger partial charge in [0.2, 0.25) is 5.91 Å². The van der Waals surface area contributed by atoms with Crippen LogP contribution < -0.4 is 5.32 Å². The van der Waals surface area contributed by atoms with Gasteiger partial charge in [-0.1, -0.05) is 331 Å². The number of amides is 1. The quantitative estimate of drug-likeness (QED) is 0.0204. The molecule has 2 aliphatic heterocycles. The number of aliphatic hydroxyl groups is 8. The lowest BCUT2D eigenvalue weighted by Crippen LogP contribution is -2.65. The fourth-order valence-electron chi connectivity index (χ4n) is 13.0. The van der Waals surface area contributed by atoms with Gasteiger partial charge in [0.1, 0.15) is 48.8 Å². The van der Waals surface area contributed by atoms with Gasteiger partial charge in [0, 0.05) is 6.42 Å². The normalized spacial score (nSPS) is 22.6. The molecule has 9 N–H and O–H groups in total. The molecule has 0 spiro atoms. The lowest BCUT2D eigenvalue weighted by molar-refractivity contribution is -0.359. The van der Waals surface area contributed by atoms with Gasteiger partial charge in [-0.15, -0.1) is 0 Å². The highest BCUT2D eigenvalue weighted by atomic mass is 16.7. The van der Waals surface area contributed by atoms with Gasteiger partial charge in [-0.2, -0.15) is 0 Å². The molecule has 0 aromatic carbocycles. The van der Waals surface area contributed by atoms with Crippen molar-refractivity contribution in [3.05, 3.63) is 72.9 Å². The lowest BCUT2D eigenvalue weighted by Gasteiger charge is -2.46. The number of ether oxygens (including phenoxy) is 4. The molecule has 560 valence electrons. The summed E-state index contributed by atoms with van der Waals surface area (Å²) in [4.78, 5) is 13.4. The molecule has 12 unspecified atom stereocenters. The Bertz CT molecular complexity index is 1890. The topological polar surface area (TPSA) is 228 Å². The largest absolute Gasteiger partial charge is 0.394 e. The number of carbonyl (C=O) groups excluding carboxylic acids is 1. The van der Waals surface area contributed by atoms with Gasteiger partial charge < -0.3 is 65.1 Å². The number of hydrogen-bond acceptors (Lipinski definition) is 13. The maximum Gasteiger partial charge on any atom is 0.220 e. The molecule has 14 heteroatoms. The summed E-state index contributed by atoms with van der Waals surface area (Å²) in [5.74, 6) is -0.252. The van der Waals surface area contributed by atoms with E-state index < -0.39 is 86.8 Å². The molecule has 0 aliphatic carbocycles. The monoisotopic (exact) mass is 1360 g/mol. The molecule has 0 aromatic rings. The molecule has 0 radical (unpaired) electrons. The van der Waals surface area contributed by atoms with Gasteiger partial charge in [0.05, 0.1) is 32.0 Å². The van der Waals surface area contributed by atoms with E-state index in [2.05, 4.69) is 79.9 Å². The first-order valence-corrected chi connectivity index (χ1v) is 40.2. The van der Waals surface area contributed by atoms with E-state index in [9.17, 15) is 45.6 Å². The van der Waals surface area contributed by atoms with Crippen molar-refractivity contribution < 1.29 is 64.6 Å². The highest BCUT2D eigenvalue weighted by Crippen LogP contribution is 2.30. The average molecular weight is 1360 g/mol. The summed E-state index contributed by atoms with van der Waals surface area (Å²) in [5, 5.41) is 87.6. The Morgan fingerprint density at radius 2 is 0.698 bits per heavy atom. The van der Waals surface area contributed by atoms with E-state index in [1.165, 1.54) is 257 Å². The fraction of sp³-hybridized carbons (Fsp3) is 0.841. The number of unbranched alkanes of at least 4 members (excludes halogenated alkanes) is 44. The smallest absolute Gasteiger partial charge is 0.220 e. The molecule has 2 aliphatic rings. The van der Waals surface area contributed by atoms with E-state index in [1.54, 1.807) is 6.08 Å². The summed E-state index contributed by atoms with van der Waals surface area (Å²) < 4.78 is 22.9. The minimum atomic E-state index is -1.80. The Kier molecular flexibility index (Phi) is 61.3. The number of nitrogens with one attached hydrogen (secondary N) is 1. The van der Waals surface area contributed by atoms with Crippen molar-refractivity contribution in [1.29, 1.82) is 0 Å². The second-order valence-electron chi connectivity index (χ2n) is 28.2. The highest BCUT2D eigenvalue weighted by molar-refractivity contribution is 5.76. The van der Waals surface area contributed by atoms with Crippen LogP contribution in [0.25, 0.3) is 0 Å². The summed E-state index contributed by atoms with van der Waals surface area (Å²) in [5.41, 5.74) is 0. The number of aliphatic hydroxyl groups excluding tert-OH is 8. The highest BCUT2D eigenvalue weighted by Gasteiger charge is 2.51. The Balaban J connectivity index is 1.65. The standard InChI is InChI=1S/C82H149NO13/c1-3-5-7-9-11-13-15-17-19-21-23-25-27-29-31-33-34-35-36-38-39-41-43-45-47-49-51-53-55-57-59-61-63-65-71(86)70(69-93-81-79(92)77(90)80(73(68-85)95-81)96-82-78(91)76(89)75(88)72(67-84)94-82)83-74(87)66-64-62-60-58-56-54-52-50-48-46-44-42-40-37-32-30-28-26-24-22-20-18-16-14-12-10-8-6-4-2/h16,18,22,24,28,30,47,49,55,57,63,65,70-73,75-82,84-86,88-92H,3-15,17,19-21,23,25-27,29,31-46,48,50-54,56,58-62,64,66-69H2,1-2H3,(H,83,87)/b18-16-,24-22-,30-28-,49-47+,57-55+,65-63+. The van der Waals surface area contributed by atoms with Crippen LogP contribution in [0.4, 0.5) is 0 Å². The van der Waals surface area contributed by atoms with E-state index in [0.29, 0.717) is 12.8 Å². The average Bonchev–Trinajstić information content (AvgIpc) is 0.854. The molecule has 0 aromatic heterocycles. The number of rotatable bonds is 67. The van der Waals surface area contributed by atoms with Gasteiger partial charge in [-0.3, -0.25) is 4.79 Å². The summed E-state index contributed by atoms with van der Waals surface area (Å²) in [7, 11) is 0. The molecule has 0 saturated carbocycles. The zero-order valence-electron chi connectivity index (χ0n) is 61.4. The Hall–Kier alpha value is -2.57. The fourth-order valence-corrected chi connectivity index (χ4v) is 13.0. The molecular weight excluding hydrogens is 1210 g/mol. The molecule has 2 heterocycles. The van der Waals surface area contributed by atoms with Crippen LogP contribution in [0, 0.1) is 0 Å². The van der Waals surface area contributed by atoms with Gasteiger partial charge >= 0.3 is 0 Å². The van der Waals surface area contributed by atoms with Gasteiger partial charge in [-0.05, 0) is 83.5 Å².